The molecule has 0 aliphatic heterocycles. The molecule has 1 unspecified atom stereocenters. The van der Waals surface area contributed by atoms with Crippen molar-refractivity contribution in [2.45, 2.75) is 17.3 Å². The minimum Gasteiger partial charge on any atom is -0.338 e. The fourth-order valence-electron chi connectivity index (χ4n) is 2.40. The summed E-state index contributed by atoms with van der Waals surface area (Å²) < 4.78 is 6.96. The Kier molecular flexibility index (Phi) is 4.14. The van der Waals surface area contributed by atoms with Crippen molar-refractivity contribution >= 4 is 33.3 Å². The molecule has 0 amide bonds. The van der Waals surface area contributed by atoms with Crippen molar-refractivity contribution in [1.82, 2.24) is 19.7 Å². The predicted octanol–water partition coefficient (Wildman–Crippen LogP) is 3.90. The molecule has 0 spiro atoms. The number of benzene rings is 1. The van der Waals surface area contributed by atoms with Crippen LogP contribution in [-0.4, -0.2) is 19.7 Å². The van der Waals surface area contributed by atoms with Crippen LogP contribution in [-0.2, 0) is 7.05 Å². The molecule has 126 valence electrons. The fourth-order valence-corrected chi connectivity index (χ4v) is 4.11. The Morgan fingerprint density at radius 2 is 2.00 bits per heavy atom. The van der Waals surface area contributed by atoms with E-state index in [0.717, 1.165) is 10.4 Å². The summed E-state index contributed by atoms with van der Waals surface area (Å²) in [5.74, 6) is 1.06. The van der Waals surface area contributed by atoms with Crippen LogP contribution in [0.5, 0.6) is 0 Å². The summed E-state index contributed by atoms with van der Waals surface area (Å²) in [5.41, 5.74) is 0.858. The van der Waals surface area contributed by atoms with Gasteiger partial charge in [0.1, 0.15) is 4.83 Å². The second kappa shape index (κ2) is 6.45. The highest BCUT2D eigenvalue weighted by atomic mass is 32.2. The zero-order valence-electron chi connectivity index (χ0n) is 13.5. The largest absolute Gasteiger partial charge is 0.338 e. The monoisotopic (exact) mass is 370 g/mol. The Morgan fingerprint density at radius 3 is 2.80 bits per heavy atom. The van der Waals surface area contributed by atoms with Crippen LogP contribution < -0.4 is 5.56 Å². The summed E-state index contributed by atoms with van der Waals surface area (Å²) in [6.07, 6.45) is 0. The van der Waals surface area contributed by atoms with Gasteiger partial charge in [-0.05, 0) is 18.4 Å². The summed E-state index contributed by atoms with van der Waals surface area (Å²) in [6, 6.07) is 11.5. The van der Waals surface area contributed by atoms with E-state index in [2.05, 4.69) is 15.1 Å². The van der Waals surface area contributed by atoms with Crippen LogP contribution in [0.15, 0.2) is 56.3 Å². The highest BCUT2D eigenvalue weighted by molar-refractivity contribution is 7.99. The van der Waals surface area contributed by atoms with Crippen LogP contribution in [0.1, 0.15) is 18.1 Å². The van der Waals surface area contributed by atoms with E-state index in [-0.39, 0.29) is 10.8 Å². The van der Waals surface area contributed by atoms with E-state index in [4.69, 9.17) is 4.52 Å². The molecule has 4 aromatic rings. The molecule has 1 aromatic carbocycles. The summed E-state index contributed by atoms with van der Waals surface area (Å²) in [7, 11) is 1.73. The van der Waals surface area contributed by atoms with E-state index in [1.54, 1.807) is 17.7 Å². The van der Waals surface area contributed by atoms with Crippen molar-refractivity contribution in [1.29, 1.82) is 0 Å². The number of hydrogen-bond donors (Lipinski definition) is 0. The first-order chi connectivity index (χ1) is 12.1. The summed E-state index contributed by atoms with van der Waals surface area (Å²) in [4.78, 5) is 22.2. The predicted molar refractivity (Wildman–Crippen MR) is 98.9 cm³/mol. The van der Waals surface area contributed by atoms with E-state index in [0.29, 0.717) is 22.3 Å². The molecule has 0 bridgehead atoms. The van der Waals surface area contributed by atoms with Crippen molar-refractivity contribution in [2.24, 2.45) is 7.05 Å². The topological polar surface area (TPSA) is 73.8 Å². The number of nitrogens with zero attached hydrogens (tertiary/aromatic N) is 4. The van der Waals surface area contributed by atoms with Crippen LogP contribution in [0.2, 0.25) is 0 Å². The minimum absolute atomic E-state index is 0.0450. The van der Waals surface area contributed by atoms with Crippen LogP contribution in [0.3, 0.4) is 0 Å². The van der Waals surface area contributed by atoms with Gasteiger partial charge in [-0.2, -0.15) is 4.98 Å². The second-order valence-electron chi connectivity index (χ2n) is 5.48. The molecular weight excluding hydrogens is 356 g/mol. The lowest BCUT2D eigenvalue weighted by Gasteiger charge is -2.09. The van der Waals surface area contributed by atoms with Gasteiger partial charge in [-0.15, -0.1) is 11.3 Å². The number of thioether (sulfide) groups is 1. The lowest BCUT2D eigenvalue weighted by atomic mass is 10.2. The number of rotatable bonds is 4. The number of aromatic nitrogens is 4. The van der Waals surface area contributed by atoms with Crippen molar-refractivity contribution in [3.05, 3.63) is 58.0 Å². The molecule has 3 heterocycles. The van der Waals surface area contributed by atoms with Crippen molar-refractivity contribution in [3.63, 3.8) is 0 Å². The van der Waals surface area contributed by atoms with Gasteiger partial charge >= 0.3 is 0 Å². The Morgan fingerprint density at radius 1 is 1.20 bits per heavy atom. The minimum atomic E-state index is -0.125. The standard InChI is InChI=1S/C17H14N4O2S2/c1-10(14-18-13(20-23-14)11-6-4-3-5-7-11)25-17-19-15-12(8-9-24-15)16(22)21(17)2/h3-10H,1-2H3. The fraction of sp³-hybridized carbons (Fsp3) is 0.176. The van der Waals surface area contributed by atoms with Gasteiger partial charge in [0.2, 0.25) is 11.7 Å². The average molecular weight is 370 g/mol. The van der Waals surface area contributed by atoms with E-state index in [1.807, 2.05) is 42.6 Å². The highest BCUT2D eigenvalue weighted by Gasteiger charge is 2.19. The van der Waals surface area contributed by atoms with Gasteiger partial charge in [-0.25, -0.2) is 4.98 Å². The van der Waals surface area contributed by atoms with Gasteiger partial charge in [0.15, 0.2) is 5.16 Å². The molecular formula is C17H14N4O2S2. The summed E-state index contributed by atoms with van der Waals surface area (Å²) in [6.45, 7) is 1.96. The van der Waals surface area contributed by atoms with Crippen LogP contribution in [0, 0.1) is 0 Å². The molecule has 0 N–H and O–H groups in total. The van der Waals surface area contributed by atoms with Crippen molar-refractivity contribution in [2.75, 3.05) is 0 Å². The maximum atomic E-state index is 12.4. The third-order valence-corrected chi connectivity index (χ3v) is 5.71. The maximum absolute atomic E-state index is 12.4. The van der Waals surface area contributed by atoms with Gasteiger partial charge in [0, 0.05) is 12.6 Å². The van der Waals surface area contributed by atoms with Gasteiger partial charge < -0.3 is 4.52 Å². The van der Waals surface area contributed by atoms with Gasteiger partial charge in [0.25, 0.3) is 5.56 Å². The third kappa shape index (κ3) is 2.98. The van der Waals surface area contributed by atoms with E-state index >= 15 is 0 Å². The Labute approximate surface area is 151 Å². The molecule has 0 saturated carbocycles. The van der Waals surface area contributed by atoms with Crippen molar-refractivity contribution in [3.8, 4) is 11.4 Å². The molecule has 0 aliphatic carbocycles. The summed E-state index contributed by atoms with van der Waals surface area (Å²) >= 11 is 2.89. The molecule has 3 aromatic heterocycles. The van der Waals surface area contributed by atoms with Gasteiger partial charge in [0.05, 0.1) is 10.6 Å². The first kappa shape index (κ1) is 16.0. The van der Waals surface area contributed by atoms with E-state index in [9.17, 15) is 4.79 Å². The summed E-state index contributed by atoms with van der Waals surface area (Å²) in [5, 5.41) is 7.07. The third-order valence-electron chi connectivity index (χ3n) is 3.77. The molecule has 0 saturated heterocycles. The lowest BCUT2D eigenvalue weighted by Crippen LogP contribution is -2.19. The molecule has 8 heteroatoms. The normalized spacial score (nSPS) is 12.6. The molecule has 4 rings (SSSR count). The Balaban J connectivity index is 1.62. The van der Waals surface area contributed by atoms with Crippen LogP contribution in [0.4, 0.5) is 0 Å². The van der Waals surface area contributed by atoms with E-state index < -0.39 is 0 Å². The van der Waals surface area contributed by atoms with E-state index in [1.165, 1.54) is 23.1 Å². The van der Waals surface area contributed by atoms with Gasteiger partial charge in [-0.3, -0.25) is 9.36 Å². The first-order valence-corrected chi connectivity index (χ1v) is 9.39. The SMILES string of the molecule is CC(Sc1nc2sccc2c(=O)n1C)c1nc(-c2ccccc2)no1. The molecule has 0 aliphatic rings. The molecule has 6 nitrogen and oxygen atoms in total. The zero-order chi connectivity index (χ0) is 17.4. The molecule has 0 fully saturated rings. The highest BCUT2D eigenvalue weighted by Crippen LogP contribution is 2.34. The van der Waals surface area contributed by atoms with Crippen LogP contribution >= 0.6 is 23.1 Å². The van der Waals surface area contributed by atoms with Crippen LogP contribution in [0.25, 0.3) is 21.6 Å². The zero-order valence-corrected chi connectivity index (χ0v) is 15.2. The average Bonchev–Trinajstić information content (AvgIpc) is 3.29. The quantitative estimate of drug-likeness (QED) is 0.401. The Bertz CT molecular complexity index is 1080. The number of fused-ring (bicyclic) bond motifs is 1. The molecule has 25 heavy (non-hydrogen) atoms. The molecule has 0 radical (unpaired) electrons. The second-order valence-corrected chi connectivity index (χ2v) is 7.68. The smallest absolute Gasteiger partial charge is 0.262 e. The first-order valence-electron chi connectivity index (χ1n) is 7.63. The maximum Gasteiger partial charge on any atom is 0.262 e. The van der Waals surface area contributed by atoms with Gasteiger partial charge in [-0.1, -0.05) is 47.3 Å². The number of hydrogen-bond acceptors (Lipinski definition) is 7. The lowest BCUT2D eigenvalue weighted by molar-refractivity contribution is 0.380. The Hall–Kier alpha value is -2.45. The molecule has 1 atom stereocenters. The van der Waals surface area contributed by atoms with Crippen molar-refractivity contribution < 1.29 is 4.52 Å². The number of thiophene rings is 1.